The number of hydrogen-bond donors (Lipinski definition) is 2. The van der Waals surface area contributed by atoms with Crippen LogP contribution in [0.25, 0.3) is 12.2 Å². The number of guanidine groups is 1. The van der Waals surface area contributed by atoms with Crippen LogP contribution in [0.15, 0.2) is 4.99 Å². The molecule has 0 saturated heterocycles. The molecule has 0 unspecified atom stereocenters. The van der Waals surface area contributed by atoms with Crippen LogP contribution in [0.1, 0.15) is 18.5 Å². The Morgan fingerprint density at radius 3 is 3.12 bits per heavy atom. The molecule has 90 valence electrons. The maximum Gasteiger partial charge on any atom is 0.192 e. The quantitative estimate of drug-likeness (QED) is 0.690. The molecule has 0 aromatic carbocycles. The Kier molecular flexibility index (Phi) is 2.59. The Morgan fingerprint density at radius 1 is 1.41 bits per heavy atom. The van der Waals surface area contributed by atoms with Crippen molar-refractivity contribution >= 4 is 18.1 Å². The maximum atomic E-state index is 4.56. The normalized spacial score (nSPS) is 17.6. The molecular formula is C12H17N5. The van der Waals surface area contributed by atoms with E-state index in [0.717, 1.165) is 37.6 Å². The van der Waals surface area contributed by atoms with Gasteiger partial charge in [-0.2, -0.15) is 5.10 Å². The number of aryl methyl sites for hydroxylation is 1. The Bertz CT molecular complexity index is 566. The highest BCUT2D eigenvalue weighted by Gasteiger charge is 2.07. The standard InChI is InChI=1S/C12H17N5/c1-9-10-4-2-3-5-11(10)17(16-9)8-15-12-13-6-7-14-12/h4-5H,2-3,6-8H2,1H3,(H2,13,14,15). The first-order chi connectivity index (χ1) is 8.34. The van der Waals surface area contributed by atoms with Gasteiger partial charge in [0.05, 0.1) is 17.6 Å². The summed E-state index contributed by atoms with van der Waals surface area (Å²) >= 11 is 0. The molecule has 1 aromatic rings. The van der Waals surface area contributed by atoms with Gasteiger partial charge in [-0.15, -0.1) is 0 Å². The first-order valence-corrected chi connectivity index (χ1v) is 6.10. The van der Waals surface area contributed by atoms with Crippen LogP contribution in [0, 0.1) is 6.92 Å². The molecule has 0 bridgehead atoms. The lowest BCUT2D eigenvalue weighted by Crippen LogP contribution is -2.40. The van der Waals surface area contributed by atoms with Gasteiger partial charge >= 0.3 is 0 Å². The first kappa shape index (κ1) is 10.4. The van der Waals surface area contributed by atoms with Crippen LogP contribution in [-0.2, 0) is 6.67 Å². The molecule has 5 heteroatoms. The van der Waals surface area contributed by atoms with E-state index in [0.29, 0.717) is 6.67 Å². The molecule has 1 aliphatic heterocycles. The lowest BCUT2D eigenvalue weighted by molar-refractivity contribution is 0.565. The highest BCUT2D eigenvalue weighted by molar-refractivity contribution is 5.80. The fraction of sp³-hybridized carbons (Fsp3) is 0.500. The maximum absolute atomic E-state index is 4.56. The van der Waals surface area contributed by atoms with E-state index >= 15 is 0 Å². The van der Waals surface area contributed by atoms with Crippen molar-refractivity contribution in [2.24, 2.45) is 4.99 Å². The Labute approximate surface area is 99.9 Å². The van der Waals surface area contributed by atoms with Crippen molar-refractivity contribution in [1.29, 1.82) is 0 Å². The zero-order chi connectivity index (χ0) is 11.7. The van der Waals surface area contributed by atoms with Crippen molar-refractivity contribution in [3.05, 3.63) is 16.3 Å². The summed E-state index contributed by atoms with van der Waals surface area (Å²) in [6.45, 7) is 4.53. The topological polar surface area (TPSA) is 54.2 Å². The van der Waals surface area contributed by atoms with Gasteiger partial charge in [0.2, 0.25) is 0 Å². The van der Waals surface area contributed by atoms with Crippen molar-refractivity contribution < 1.29 is 0 Å². The first-order valence-electron chi connectivity index (χ1n) is 6.10. The minimum absolute atomic E-state index is 0.673. The Morgan fingerprint density at radius 2 is 2.29 bits per heavy atom. The second-order valence-electron chi connectivity index (χ2n) is 4.36. The van der Waals surface area contributed by atoms with E-state index in [9.17, 15) is 0 Å². The number of aromatic nitrogens is 2. The zero-order valence-corrected chi connectivity index (χ0v) is 10.0. The third-order valence-electron chi connectivity index (χ3n) is 3.14. The molecule has 0 saturated carbocycles. The monoisotopic (exact) mass is 231 g/mol. The summed E-state index contributed by atoms with van der Waals surface area (Å²) < 4.78 is 2.02. The Hall–Kier alpha value is -1.78. The summed E-state index contributed by atoms with van der Waals surface area (Å²) in [5.41, 5.74) is 1.11. The smallest absolute Gasteiger partial charge is 0.192 e. The summed E-state index contributed by atoms with van der Waals surface area (Å²) in [5, 5.41) is 13.5. The molecule has 0 amide bonds. The molecule has 17 heavy (non-hydrogen) atoms. The predicted molar refractivity (Wildman–Crippen MR) is 67.8 cm³/mol. The zero-order valence-electron chi connectivity index (χ0n) is 10.0. The lowest BCUT2D eigenvalue weighted by Gasteiger charge is -2.07. The third-order valence-corrected chi connectivity index (χ3v) is 3.14. The van der Waals surface area contributed by atoms with E-state index in [4.69, 9.17) is 0 Å². The molecule has 0 radical (unpaired) electrons. The van der Waals surface area contributed by atoms with Crippen molar-refractivity contribution in [2.75, 3.05) is 13.1 Å². The summed E-state index contributed by atoms with van der Waals surface area (Å²) in [5.74, 6) is 0.881. The van der Waals surface area contributed by atoms with Crippen LogP contribution >= 0.6 is 0 Å². The van der Waals surface area contributed by atoms with E-state index in [1.54, 1.807) is 0 Å². The number of aliphatic imine (C=N–C) groups is 1. The average Bonchev–Trinajstić information content (AvgIpc) is 2.96. The van der Waals surface area contributed by atoms with Crippen LogP contribution in [0.5, 0.6) is 0 Å². The number of rotatable bonds is 2. The van der Waals surface area contributed by atoms with Crippen LogP contribution in [-0.4, -0.2) is 28.8 Å². The van der Waals surface area contributed by atoms with E-state index in [2.05, 4.69) is 39.8 Å². The summed E-state index contributed by atoms with van der Waals surface area (Å²) in [6, 6.07) is 0. The molecule has 2 N–H and O–H groups in total. The molecule has 0 fully saturated rings. The Balaban J connectivity index is 1.84. The van der Waals surface area contributed by atoms with E-state index in [1.165, 1.54) is 10.6 Å². The second-order valence-corrected chi connectivity index (χ2v) is 4.36. The lowest BCUT2D eigenvalue weighted by atomic mass is 10.1. The predicted octanol–water partition coefficient (Wildman–Crippen LogP) is -0.947. The van der Waals surface area contributed by atoms with Gasteiger partial charge in [0.25, 0.3) is 0 Å². The number of nitrogens with one attached hydrogen (secondary N) is 2. The largest absolute Gasteiger partial charge is 0.355 e. The molecule has 5 nitrogen and oxygen atoms in total. The van der Waals surface area contributed by atoms with E-state index in [1.807, 2.05) is 4.68 Å². The van der Waals surface area contributed by atoms with Crippen molar-refractivity contribution in [1.82, 2.24) is 20.4 Å². The van der Waals surface area contributed by atoms with Crippen LogP contribution in [0.4, 0.5) is 0 Å². The second kappa shape index (κ2) is 4.24. The molecule has 2 aliphatic rings. The van der Waals surface area contributed by atoms with Gasteiger partial charge < -0.3 is 10.6 Å². The molecular weight excluding hydrogens is 214 g/mol. The molecule has 1 aromatic heterocycles. The summed E-state index contributed by atoms with van der Waals surface area (Å²) in [4.78, 5) is 4.30. The number of nitrogens with zero attached hydrogens (tertiary/aromatic N) is 3. The van der Waals surface area contributed by atoms with Gasteiger partial charge in [0, 0.05) is 11.8 Å². The fourth-order valence-corrected chi connectivity index (χ4v) is 2.32. The minimum Gasteiger partial charge on any atom is -0.355 e. The van der Waals surface area contributed by atoms with Gasteiger partial charge in [-0.1, -0.05) is 12.2 Å². The molecule has 1 aliphatic carbocycles. The van der Waals surface area contributed by atoms with Gasteiger partial charge in [0.15, 0.2) is 5.96 Å². The molecule has 0 spiro atoms. The minimum atomic E-state index is 0.673. The van der Waals surface area contributed by atoms with Gasteiger partial charge in [-0.3, -0.25) is 4.99 Å². The van der Waals surface area contributed by atoms with E-state index < -0.39 is 0 Å². The fourth-order valence-electron chi connectivity index (χ4n) is 2.32. The van der Waals surface area contributed by atoms with Crippen LogP contribution in [0.3, 0.4) is 0 Å². The number of hydrogen-bond acceptors (Lipinski definition) is 4. The van der Waals surface area contributed by atoms with E-state index in [-0.39, 0.29) is 0 Å². The van der Waals surface area contributed by atoms with Gasteiger partial charge in [-0.25, -0.2) is 4.68 Å². The summed E-state index contributed by atoms with van der Waals surface area (Å²) in [7, 11) is 0. The van der Waals surface area contributed by atoms with Gasteiger partial charge in [0.1, 0.15) is 6.67 Å². The average molecular weight is 231 g/mol. The van der Waals surface area contributed by atoms with Crippen molar-refractivity contribution in [2.45, 2.75) is 26.4 Å². The van der Waals surface area contributed by atoms with Crippen molar-refractivity contribution in [3.8, 4) is 0 Å². The molecule has 3 rings (SSSR count). The molecule has 0 atom stereocenters. The summed E-state index contributed by atoms with van der Waals surface area (Å²) in [6.07, 6.45) is 6.78. The SMILES string of the molecule is Cc1nn(CNC2=NCCN2)c2c1=CCCC=2. The number of fused-ring (bicyclic) bond motifs is 1. The highest BCUT2D eigenvalue weighted by atomic mass is 15.4. The van der Waals surface area contributed by atoms with Crippen LogP contribution < -0.4 is 21.2 Å². The highest BCUT2D eigenvalue weighted by Crippen LogP contribution is 1.96. The van der Waals surface area contributed by atoms with Crippen LogP contribution in [0.2, 0.25) is 0 Å². The molecule has 2 heterocycles. The third kappa shape index (κ3) is 1.92. The van der Waals surface area contributed by atoms with Crippen molar-refractivity contribution in [3.63, 3.8) is 0 Å². The van der Waals surface area contributed by atoms with Gasteiger partial charge in [-0.05, 0) is 19.8 Å².